The summed E-state index contributed by atoms with van der Waals surface area (Å²) in [7, 11) is 5.66. The Labute approximate surface area is 128 Å². The van der Waals surface area contributed by atoms with Gasteiger partial charge in [-0.25, -0.2) is 0 Å². The van der Waals surface area contributed by atoms with E-state index in [9.17, 15) is 0 Å². The molecule has 0 aliphatic carbocycles. The molecule has 0 aliphatic heterocycles. The molecule has 1 heterocycles. The maximum atomic E-state index is 6.10. The molecule has 0 aliphatic rings. The van der Waals surface area contributed by atoms with Gasteiger partial charge < -0.3 is 15.0 Å². The fourth-order valence-corrected chi connectivity index (χ4v) is 2.13. The van der Waals surface area contributed by atoms with Gasteiger partial charge in [0.15, 0.2) is 0 Å². The van der Waals surface area contributed by atoms with Gasteiger partial charge in [0, 0.05) is 32.9 Å². The summed E-state index contributed by atoms with van der Waals surface area (Å²) < 4.78 is 5.73. The van der Waals surface area contributed by atoms with Gasteiger partial charge in [0.05, 0.1) is 5.02 Å². The Hall–Kier alpha value is -1.65. The molecule has 0 spiro atoms. The molecule has 0 atom stereocenters. The van der Waals surface area contributed by atoms with Gasteiger partial charge in [0.1, 0.15) is 16.6 Å². The average Bonchev–Trinajstić information content (AvgIpc) is 2.42. The largest absolute Gasteiger partial charge is 0.437 e. The summed E-state index contributed by atoms with van der Waals surface area (Å²) in [6.07, 6.45) is 0. The van der Waals surface area contributed by atoms with E-state index in [-0.39, 0.29) is 0 Å². The molecule has 6 heteroatoms. The summed E-state index contributed by atoms with van der Waals surface area (Å²) in [6.45, 7) is 0. The molecule has 0 radical (unpaired) electrons. The molecule has 4 nitrogen and oxygen atoms in total. The SMILES string of the molecule is CNc1nc(Oc2cccc(N(C)C)c2)c(Cl)cc1Cl. The Morgan fingerprint density at radius 3 is 2.55 bits per heavy atom. The third kappa shape index (κ3) is 3.26. The van der Waals surface area contributed by atoms with E-state index in [1.54, 1.807) is 13.1 Å². The standard InChI is InChI=1S/C14H15Cl2N3O/c1-17-13-11(15)8-12(16)14(18-13)20-10-6-4-5-9(7-10)19(2)3/h4-8H,1-3H3,(H,17,18). The lowest BCUT2D eigenvalue weighted by atomic mass is 10.3. The number of halogens is 2. The minimum Gasteiger partial charge on any atom is -0.437 e. The molecular formula is C14H15Cl2N3O. The van der Waals surface area contributed by atoms with Gasteiger partial charge in [-0.15, -0.1) is 0 Å². The van der Waals surface area contributed by atoms with Crippen molar-refractivity contribution in [1.82, 2.24) is 4.98 Å². The zero-order chi connectivity index (χ0) is 14.7. The summed E-state index contributed by atoms with van der Waals surface area (Å²) >= 11 is 12.1. The maximum absolute atomic E-state index is 6.10. The summed E-state index contributed by atoms with van der Waals surface area (Å²) in [5.41, 5.74) is 1.03. The number of rotatable bonds is 4. The van der Waals surface area contributed by atoms with Gasteiger partial charge in [0.2, 0.25) is 5.88 Å². The molecule has 0 unspecified atom stereocenters. The molecule has 20 heavy (non-hydrogen) atoms. The topological polar surface area (TPSA) is 37.4 Å². The number of nitrogens with one attached hydrogen (secondary N) is 1. The number of aromatic nitrogens is 1. The highest BCUT2D eigenvalue weighted by Gasteiger charge is 2.11. The van der Waals surface area contributed by atoms with Gasteiger partial charge in [-0.3, -0.25) is 0 Å². The van der Waals surface area contributed by atoms with Gasteiger partial charge in [0.25, 0.3) is 0 Å². The van der Waals surface area contributed by atoms with Gasteiger partial charge in [-0.05, 0) is 18.2 Å². The van der Waals surface area contributed by atoms with Crippen LogP contribution >= 0.6 is 23.2 Å². The molecule has 1 aromatic heterocycles. The Morgan fingerprint density at radius 1 is 1.15 bits per heavy atom. The highest BCUT2D eigenvalue weighted by atomic mass is 35.5. The van der Waals surface area contributed by atoms with Crippen LogP contribution < -0.4 is 15.0 Å². The number of benzene rings is 1. The van der Waals surface area contributed by atoms with Crippen LogP contribution in [0.4, 0.5) is 11.5 Å². The van der Waals surface area contributed by atoms with Crippen molar-refractivity contribution in [2.75, 3.05) is 31.4 Å². The summed E-state index contributed by atoms with van der Waals surface area (Å²) in [6, 6.07) is 9.26. The van der Waals surface area contributed by atoms with Crippen molar-refractivity contribution in [2.24, 2.45) is 0 Å². The second kappa shape index (κ2) is 6.20. The lowest BCUT2D eigenvalue weighted by molar-refractivity contribution is 0.464. The van der Waals surface area contributed by atoms with Crippen molar-refractivity contribution in [3.63, 3.8) is 0 Å². The predicted molar refractivity (Wildman–Crippen MR) is 84.6 cm³/mol. The van der Waals surface area contributed by atoms with Gasteiger partial charge >= 0.3 is 0 Å². The van der Waals surface area contributed by atoms with E-state index in [4.69, 9.17) is 27.9 Å². The Balaban J connectivity index is 2.32. The number of anilines is 2. The van der Waals surface area contributed by atoms with Crippen molar-refractivity contribution >= 4 is 34.7 Å². The minimum absolute atomic E-state index is 0.316. The van der Waals surface area contributed by atoms with Gasteiger partial charge in [-0.1, -0.05) is 29.3 Å². The summed E-state index contributed by atoms with van der Waals surface area (Å²) in [4.78, 5) is 6.24. The van der Waals surface area contributed by atoms with E-state index < -0.39 is 0 Å². The van der Waals surface area contributed by atoms with Crippen molar-refractivity contribution in [1.29, 1.82) is 0 Å². The third-order valence-electron chi connectivity index (χ3n) is 2.68. The monoisotopic (exact) mass is 311 g/mol. The molecule has 2 aromatic rings. The van der Waals surface area contributed by atoms with Crippen molar-refractivity contribution < 1.29 is 4.74 Å². The van der Waals surface area contributed by atoms with Crippen LogP contribution in [0.25, 0.3) is 0 Å². The first-order valence-corrected chi connectivity index (χ1v) is 6.76. The number of nitrogens with zero attached hydrogens (tertiary/aromatic N) is 2. The zero-order valence-electron chi connectivity index (χ0n) is 11.4. The molecule has 0 amide bonds. The lowest BCUT2D eigenvalue weighted by Gasteiger charge is -2.14. The van der Waals surface area contributed by atoms with Crippen LogP contribution in [0.5, 0.6) is 11.6 Å². The molecule has 1 N–H and O–H groups in total. The van der Waals surface area contributed by atoms with E-state index in [1.165, 1.54) is 0 Å². The molecule has 0 saturated carbocycles. The smallest absolute Gasteiger partial charge is 0.240 e. The van der Waals surface area contributed by atoms with Crippen LogP contribution in [0.3, 0.4) is 0 Å². The second-order valence-corrected chi connectivity index (χ2v) is 5.16. The van der Waals surface area contributed by atoms with Crippen LogP contribution in [-0.2, 0) is 0 Å². The van der Waals surface area contributed by atoms with Crippen LogP contribution in [0, 0.1) is 0 Å². The van der Waals surface area contributed by atoms with Gasteiger partial charge in [-0.2, -0.15) is 4.98 Å². The Morgan fingerprint density at radius 2 is 1.90 bits per heavy atom. The molecular weight excluding hydrogens is 297 g/mol. The first-order valence-electron chi connectivity index (χ1n) is 6.00. The highest BCUT2D eigenvalue weighted by molar-refractivity contribution is 6.36. The van der Waals surface area contributed by atoms with Crippen LogP contribution in [0.2, 0.25) is 10.0 Å². The van der Waals surface area contributed by atoms with Crippen molar-refractivity contribution in [2.45, 2.75) is 0 Å². The number of hydrogen-bond acceptors (Lipinski definition) is 4. The van der Waals surface area contributed by atoms with Crippen molar-refractivity contribution in [3.05, 3.63) is 40.4 Å². The minimum atomic E-state index is 0.316. The van der Waals surface area contributed by atoms with E-state index in [0.717, 1.165) is 5.69 Å². The second-order valence-electron chi connectivity index (χ2n) is 4.35. The number of pyridine rings is 1. The molecule has 0 bridgehead atoms. The van der Waals surface area contributed by atoms with Crippen molar-refractivity contribution in [3.8, 4) is 11.6 Å². The Kier molecular flexibility index (Phi) is 4.57. The van der Waals surface area contributed by atoms with Crippen LogP contribution in [-0.4, -0.2) is 26.1 Å². The number of hydrogen-bond donors (Lipinski definition) is 1. The van der Waals surface area contributed by atoms with E-state index in [2.05, 4.69) is 10.3 Å². The fraction of sp³-hybridized carbons (Fsp3) is 0.214. The molecule has 0 saturated heterocycles. The number of ether oxygens (including phenoxy) is 1. The lowest BCUT2D eigenvalue weighted by Crippen LogP contribution is -2.08. The van der Waals surface area contributed by atoms with Crippen LogP contribution in [0.1, 0.15) is 0 Å². The predicted octanol–water partition coefficient (Wildman–Crippen LogP) is 4.29. The zero-order valence-corrected chi connectivity index (χ0v) is 13.0. The third-order valence-corrected chi connectivity index (χ3v) is 3.24. The average molecular weight is 312 g/mol. The molecule has 2 rings (SSSR count). The van der Waals surface area contributed by atoms with E-state index in [1.807, 2.05) is 43.3 Å². The van der Waals surface area contributed by atoms with E-state index in [0.29, 0.717) is 27.5 Å². The maximum Gasteiger partial charge on any atom is 0.240 e. The van der Waals surface area contributed by atoms with Crippen LogP contribution in [0.15, 0.2) is 30.3 Å². The molecule has 1 aromatic carbocycles. The molecule has 106 valence electrons. The van der Waals surface area contributed by atoms with E-state index >= 15 is 0 Å². The molecule has 0 fully saturated rings. The quantitative estimate of drug-likeness (QED) is 0.914. The normalized spacial score (nSPS) is 10.2. The first-order chi connectivity index (χ1) is 9.51. The summed E-state index contributed by atoms with van der Waals surface area (Å²) in [5, 5.41) is 3.70. The fourth-order valence-electron chi connectivity index (χ4n) is 1.63. The Bertz CT molecular complexity index is 617. The highest BCUT2D eigenvalue weighted by Crippen LogP contribution is 2.34. The first kappa shape index (κ1) is 14.8. The summed E-state index contributed by atoms with van der Waals surface area (Å²) in [5.74, 6) is 1.50.